The topological polar surface area (TPSA) is 29.5 Å². The lowest BCUT2D eigenvalue weighted by Crippen LogP contribution is -2.23. The Morgan fingerprint density at radius 1 is 1.38 bits per heavy atom. The fourth-order valence-corrected chi connectivity index (χ4v) is 2.14. The van der Waals surface area contributed by atoms with Gasteiger partial charge in [-0.3, -0.25) is 4.79 Å². The van der Waals surface area contributed by atoms with Crippen molar-refractivity contribution in [1.29, 1.82) is 0 Å². The maximum absolute atomic E-state index is 11.1. The molecule has 2 heterocycles. The van der Waals surface area contributed by atoms with Crippen LogP contribution in [0, 0.1) is 5.92 Å². The summed E-state index contributed by atoms with van der Waals surface area (Å²) in [6.07, 6.45) is 4.59. The summed E-state index contributed by atoms with van der Waals surface area (Å²) in [6.45, 7) is 4.17. The molecule has 3 heteroatoms. The molecule has 0 aromatic carbocycles. The highest BCUT2D eigenvalue weighted by molar-refractivity contribution is 5.74. The highest BCUT2D eigenvalue weighted by Gasteiger charge is 2.26. The van der Waals surface area contributed by atoms with E-state index in [-0.39, 0.29) is 11.9 Å². The van der Waals surface area contributed by atoms with Crippen LogP contribution in [0.2, 0.25) is 0 Å². The molecule has 1 atom stereocenters. The van der Waals surface area contributed by atoms with Gasteiger partial charge in [-0.05, 0) is 45.3 Å². The number of ether oxygens (including phenoxy) is 1. The summed E-state index contributed by atoms with van der Waals surface area (Å²) in [5.74, 6) is 0.222. The lowest BCUT2D eigenvalue weighted by molar-refractivity contribution is -0.141. The second-order valence-corrected chi connectivity index (χ2v) is 3.99. The van der Waals surface area contributed by atoms with E-state index >= 15 is 0 Å². The average Bonchev–Trinajstić information content (AvgIpc) is 2.72. The standard InChI is InChI=1S/C10H17NO2/c12-10-9(4-8-13-10)3-7-11-5-1-2-6-11/h9H,1-8H2. The third kappa shape index (κ3) is 2.21. The zero-order valence-corrected chi connectivity index (χ0v) is 8.00. The van der Waals surface area contributed by atoms with E-state index in [1.54, 1.807) is 0 Å². The van der Waals surface area contributed by atoms with Gasteiger partial charge in [0.05, 0.1) is 12.5 Å². The molecule has 0 radical (unpaired) electrons. The first kappa shape index (κ1) is 9.00. The molecule has 74 valence electrons. The van der Waals surface area contributed by atoms with Crippen LogP contribution in [0.15, 0.2) is 0 Å². The first-order chi connectivity index (χ1) is 6.36. The van der Waals surface area contributed by atoms with E-state index in [1.165, 1.54) is 25.9 Å². The molecule has 0 aliphatic carbocycles. The van der Waals surface area contributed by atoms with Crippen molar-refractivity contribution in [2.45, 2.75) is 25.7 Å². The molecule has 0 aromatic rings. The summed E-state index contributed by atoms with van der Waals surface area (Å²) < 4.78 is 4.92. The van der Waals surface area contributed by atoms with Crippen molar-refractivity contribution in [2.24, 2.45) is 5.92 Å². The number of hydrogen-bond donors (Lipinski definition) is 0. The molecule has 0 bridgehead atoms. The molecule has 2 aliphatic heterocycles. The molecule has 3 nitrogen and oxygen atoms in total. The largest absolute Gasteiger partial charge is 0.465 e. The van der Waals surface area contributed by atoms with E-state index < -0.39 is 0 Å². The third-order valence-electron chi connectivity index (χ3n) is 3.04. The van der Waals surface area contributed by atoms with Crippen molar-refractivity contribution >= 4 is 5.97 Å². The van der Waals surface area contributed by atoms with Crippen molar-refractivity contribution in [2.75, 3.05) is 26.2 Å². The zero-order chi connectivity index (χ0) is 9.10. The van der Waals surface area contributed by atoms with Gasteiger partial charge >= 0.3 is 5.97 Å². The summed E-state index contributed by atoms with van der Waals surface area (Å²) in [5.41, 5.74) is 0. The van der Waals surface area contributed by atoms with Gasteiger partial charge < -0.3 is 9.64 Å². The second-order valence-electron chi connectivity index (χ2n) is 3.99. The molecule has 13 heavy (non-hydrogen) atoms. The van der Waals surface area contributed by atoms with Crippen LogP contribution in [0.4, 0.5) is 0 Å². The van der Waals surface area contributed by atoms with Crippen molar-refractivity contribution in [1.82, 2.24) is 4.90 Å². The van der Waals surface area contributed by atoms with Gasteiger partial charge in [0.15, 0.2) is 0 Å². The fraction of sp³-hybridized carbons (Fsp3) is 0.900. The Balaban J connectivity index is 1.69. The number of carbonyl (C=O) groups excluding carboxylic acids is 1. The minimum absolute atomic E-state index is 0.0270. The fourth-order valence-electron chi connectivity index (χ4n) is 2.14. The summed E-state index contributed by atoms with van der Waals surface area (Å²) in [6, 6.07) is 0. The smallest absolute Gasteiger partial charge is 0.309 e. The molecule has 0 N–H and O–H groups in total. The zero-order valence-electron chi connectivity index (χ0n) is 8.00. The van der Waals surface area contributed by atoms with Gasteiger partial charge in [0.2, 0.25) is 0 Å². The van der Waals surface area contributed by atoms with Crippen LogP contribution in [0.1, 0.15) is 25.7 Å². The predicted octanol–water partition coefficient (Wildman–Crippen LogP) is 1.04. The van der Waals surface area contributed by atoms with Crippen LogP contribution >= 0.6 is 0 Å². The van der Waals surface area contributed by atoms with Crippen molar-refractivity contribution < 1.29 is 9.53 Å². The maximum Gasteiger partial charge on any atom is 0.309 e. The van der Waals surface area contributed by atoms with Gasteiger partial charge in [-0.25, -0.2) is 0 Å². The average molecular weight is 183 g/mol. The number of likely N-dealkylation sites (tertiary alicyclic amines) is 1. The normalized spacial score (nSPS) is 29.5. The Morgan fingerprint density at radius 3 is 2.77 bits per heavy atom. The van der Waals surface area contributed by atoms with Gasteiger partial charge in [-0.15, -0.1) is 0 Å². The van der Waals surface area contributed by atoms with E-state index in [0.717, 1.165) is 19.4 Å². The van der Waals surface area contributed by atoms with Crippen LogP contribution < -0.4 is 0 Å². The summed E-state index contributed by atoms with van der Waals surface area (Å²) in [5, 5.41) is 0. The summed E-state index contributed by atoms with van der Waals surface area (Å²) >= 11 is 0. The molecule has 0 spiro atoms. The van der Waals surface area contributed by atoms with Crippen LogP contribution in [-0.4, -0.2) is 37.1 Å². The van der Waals surface area contributed by atoms with Crippen LogP contribution in [0.25, 0.3) is 0 Å². The van der Waals surface area contributed by atoms with Crippen LogP contribution in [-0.2, 0) is 9.53 Å². The van der Waals surface area contributed by atoms with Crippen LogP contribution in [0.3, 0.4) is 0 Å². The lowest BCUT2D eigenvalue weighted by atomic mass is 10.0. The van der Waals surface area contributed by atoms with Gasteiger partial charge in [0, 0.05) is 0 Å². The minimum Gasteiger partial charge on any atom is -0.465 e. The first-order valence-electron chi connectivity index (χ1n) is 5.25. The molecule has 2 fully saturated rings. The van der Waals surface area contributed by atoms with Gasteiger partial charge in [0.25, 0.3) is 0 Å². The number of nitrogens with zero attached hydrogens (tertiary/aromatic N) is 1. The van der Waals surface area contributed by atoms with Crippen molar-refractivity contribution in [3.8, 4) is 0 Å². The number of carbonyl (C=O) groups is 1. The van der Waals surface area contributed by atoms with E-state index in [9.17, 15) is 4.79 Å². The molecule has 0 saturated carbocycles. The van der Waals surface area contributed by atoms with E-state index in [1.807, 2.05) is 0 Å². The number of rotatable bonds is 3. The van der Waals surface area contributed by atoms with E-state index in [2.05, 4.69) is 4.90 Å². The number of esters is 1. The summed E-state index contributed by atoms with van der Waals surface area (Å²) in [4.78, 5) is 13.6. The second kappa shape index (κ2) is 4.09. The Bertz CT molecular complexity index is 187. The minimum atomic E-state index is 0.0270. The molecular weight excluding hydrogens is 166 g/mol. The van der Waals surface area contributed by atoms with E-state index in [0.29, 0.717) is 6.61 Å². The molecule has 2 rings (SSSR count). The molecular formula is C10H17NO2. The Morgan fingerprint density at radius 2 is 2.15 bits per heavy atom. The summed E-state index contributed by atoms with van der Waals surface area (Å²) in [7, 11) is 0. The van der Waals surface area contributed by atoms with Crippen LogP contribution in [0.5, 0.6) is 0 Å². The van der Waals surface area contributed by atoms with Gasteiger partial charge in [-0.2, -0.15) is 0 Å². The molecule has 0 aromatic heterocycles. The first-order valence-corrected chi connectivity index (χ1v) is 5.25. The predicted molar refractivity (Wildman–Crippen MR) is 49.4 cm³/mol. The number of cyclic esters (lactones) is 1. The molecule has 0 amide bonds. The Kier molecular flexibility index (Phi) is 2.83. The maximum atomic E-state index is 11.1. The monoisotopic (exact) mass is 183 g/mol. The van der Waals surface area contributed by atoms with Gasteiger partial charge in [0.1, 0.15) is 0 Å². The van der Waals surface area contributed by atoms with Crippen molar-refractivity contribution in [3.63, 3.8) is 0 Å². The molecule has 2 aliphatic rings. The Hall–Kier alpha value is -0.570. The SMILES string of the molecule is O=C1OCCC1CCN1CCCC1. The molecule has 2 saturated heterocycles. The quantitative estimate of drug-likeness (QED) is 0.612. The van der Waals surface area contributed by atoms with E-state index in [4.69, 9.17) is 4.74 Å². The molecule has 1 unspecified atom stereocenters. The Labute approximate surface area is 79.0 Å². The highest BCUT2D eigenvalue weighted by atomic mass is 16.5. The number of hydrogen-bond acceptors (Lipinski definition) is 3. The highest BCUT2D eigenvalue weighted by Crippen LogP contribution is 2.19. The lowest BCUT2D eigenvalue weighted by Gasteiger charge is -2.15. The van der Waals surface area contributed by atoms with Crippen molar-refractivity contribution in [3.05, 3.63) is 0 Å². The van der Waals surface area contributed by atoms with Gasteiger partial charge in [-0.1, -0.05) is 0 Å². The third-order valence-corrected chi connectivity index (χ3v) is 3.04.